The van der Waals surface area contributed by atoms with Gasteiger partial charge in [0.2, 0.25) is 5.91 Å². The monoisotopic (exact) mass is 996 g/mol. The van der Waals surface area contributed by atoms with Crippen molar-refractivity contribution in [1.29, 1.82) is 0 Å². The van der Waals surface area contributed by atoms with Gasteiger partial charge in [-0.3, -0.25) is 9.59 Å². The number of carbonyl (C=O) groups is 2. The molecule has 0 bridgehead atoms. The molecule has 416 valence electrons. The van der Waals surface area contributed by atoms with E-state index in [1.165, 1.54) is 250 Å². The molecule has 0 rings (SSSR count). The van der Waals surface area contributed by atoms with E-state index in [4.69, 9.17) is 4.74 Å². The van der Waals surface area contributed by atoms with Crippen molar-refractivity contribution in [3.63, 3.8) is 0 Å². The molecule has 3 N–H and O–H groups in total. The number of aliphatic hydroxyl groups is 2. The van der Waals surface area contributed by atoms with Crippen LogP contribution in [-0.2, 0) is 14.3 Å². The maximum atomic E-state index is 12.4. The van der Waals surface area contributed by atoms with Gasteiger partial charge in [-0.05, 0) is 89.9 Å². The first-order chi connectivity index (χ1) is 35.0. The van der Waals surface area contributed by atoms with Crippen molar-refractivity contribution in [3.05, 3.63) is 48.6 Å². The van der Waals surface area contributed by atoms with Crippen molar-refractivity contribution in [2.24, 2.45) is 0 Å². The number of amides is 1. The molecule has 0 spiro atoms. The van der Waals surface area contributed by atoms with E-state index in [2.05, 4.69) is 55.6 Å². The highest BCUT2D eigenvalue weighted by Gasteiger charge is 2.18. The normalized spacial score (nSPS) is 12.9. The van der Waals surface area contributed by atoms with E-state index in [1.54, 1.807) is 6.08 Å². The Morgan fingerprint density at radius 3 is 1.10 bits per heavy atom. The van der Waals surface area contributed by atoms with E-state index in [0.717, 1.165) is 51.4 Å². The van der Waals surface area contributed by atoms with Gasteiger partial charge in [-0.25, -0.2) is 0 Å². The zero-order chi connectivity index (χ0) is 51.4. The molecule has 0 heterocycles. The molecule has 0 fully saturated rings. The number of carbonyl (C=O) groups excluding carboxylic acids is 2. The van der Waals surface area contributed by atoms with Crippen molar-refractivity contribution < 1.29 is 24.5 Å². The van der Waals surface area contributed by atoms with Crippen LogP contribution in [0.1, 0.15) is 328 Å². The molecule has 0 aliphatic carbocycles. The van der Waals surface area contributed by atoms with Gasteiger partial charge in [0, 0.05) is 12.8 Å². The number of unbranched alkanes of at least 4 members (excludes halogenated alkanes) is 41. The van der Waals surface area contributed by atoms with Gasteiger partial charge in [-0.2, -0.15) is 0 Å². The number of esters is 1. The number of hydrogen-bond acceptors (Lipinski definition) is 5. The zero-order valence-corrected chi connectivity index (χ0v) is 47.5. The zero-order valence-electron chi connectivity index (χ0n) is 47.5. The van der Waals surface area contributed by atoms with Crippen LogP contribution >= 0.6 is 0 Å². The Kier molecular flexibility index (Phi) is 58.5. The summed E-state index contributed by atoms with van der Waals surface area (Å²) in [5, 5.41) is 23.0. The Balaban J connectivity index is 3.39. The van der Waals surface area contributed by atoms with Gasteiger partial charge in [0.15, 0.2) is 0 Å². The van der Waals surface area contributed by atoms with E-state index >= 15 is 0 Å². The first-order valence-electron chi connectivity index (χ1n) is 31.4. The number of nitrogens with one attached hydrogen (secondary N) is 1. The standard InChI is InChI=1S/C65H121NO5/c1-3-5-7-9-11-13-15-35-39-43-47-51-55-59-65(70)71-60-56-52-48-44-40-37-34-32-30-28-26-24-22-20-18-16-17-19-21-23-25-27-29-31-33-36-38-42-46-50-54-58-64(69)66-62(61-67)63(68)57-53-49-45-41-14-12-10-8-6-4-2/h13,15,18,20,24,26,53,57,62-63,67-68H,3-12,14,16-17,19,21-23,25,27-52,54-56,58-61H2,1-2H3,(H,66,69)/b15-13-,20-18-,26-24-,57-53+. The SMILES string of the molecule is CCCCCC/C=C\CCCCCCCC(=O)OCCCCCCCCCCC/C=C\C/C=C\CCCCCCCCCCCCCCCCCC(=O)NC(CO)C(O)/C=C/CCCCCCCCCC. The fourth-order valence-corrected chi connectivity index (χ4v) is 9.48. The van der Waals surface area contributed by atoms with Crippen LogP contribution < -0.4 is 5.32 Å². The molecule has 1 amide bonds. The summed E-state index contributed by atoms with van der Waals surface area (Å²) in [4.78, 5) is 24.4. The molecule has 0 aliphatic heterocycles. The van der Waals surface area contributed by atoms with Crippen molar-refractivity contribution in [1.82, 2.24) is 5.32 Å². The van der Waals surface area contributed by atoms with Crippen LogP contribution in [0.4, 0.5) is 0 Å². The Morgan fingerprint density at radius 1 is 0.394 bits per heavy atom. The van der Waals surface area contributed by atoms with Gasteiger partial charge >= 0.3 is 5.97 Å². The van der Waals surface area contributed by atoms with E-state index in [0.29, 0.717) is 19.4 Å². The van der Waals surface area contributed by atoms with Crippen molar-refractivity contribution >= 4 is 11.9 Å². The Labute approximate surface area is 442 Å². The van der Waals surface area contributed by atoms with Crippen LogP contribution in [-0.4, -0.2) is 47.4 Å². The summed E-state index contributed by atoms with van der Waals surface area (Å²) < 4.78 is 5.47. The van der Waals surface area contributed by atoms with E-state index in [-0.39, 0.29) is 18.5 Å². The third kappa shape index (κ3) is 57.0. The van der Waals surface area contributed by atoms with Gasteiger partial charge in [0.25, 0.3) is 0 Å². The lowest BCUT2D eigenvalue weighted by Crippen LogP contribution is -2.45. The number of hydrogen-bond donors (Lipinski definition) is 3. The molecule has 0 radical (unpaired) electrons. The van der Waals surface area contributed by atoms with Crippen LogP contribution in [0.15, 0.2) is 48.6 Å². The lowest BCUT2D eigenvalue weighted by Gasteiger charge is -2.20. The minimum absolute atomic E-state index is 0.00317. The van der Waals surface area contributed by atoms with Crippen molar-refractivity contribution in [2.75, 3.05) is 13.2 Å². The molecule has 6 nitrogen and oxygen atoms in total. The fraction of sp³-hybridized carbons (Fsp3) is 0.846. The molecule has 71 heavy (non-hydrogen) atoms. The average molecular weight is 997 g/mol. The summed E-state index contributed by atoms with van der Waals surface area (Å²) in [5.41, 5.74) is 0. The Morgan fingerprint density at radius 2 is 0.704 bits per heavy atom. The minimum Gasteiger partial charge on any atom is -0.466 e. The Hall–Kier alpha value is -2.18. The second-order valence-corrected chi connectivity index (χ2v) is 21.4. The number of ether oxygens (including phenoxy) is 1. The summed E-state index contributed by atoms with van der Waals surface area (Å²) in [7, 11) is 0. The van der Waals surface area contributed by atoms with E-state index in [1.807, 2.05) is 6.08 Å². The molecule has 0 aromatic carbocycles. The lowest BCUT2D eigenvalue weighted by atomic mass is 10.0. The summed E-state index contributed by atoms with van der Waals surface area (Å²) in [6.07, 6.45) is 77.4. The predicted molar refractivity (Wildman–Crippen MR) is 310 cm³/mol. The first-order valence-corrected chi connectivity index (χ1v) is 31.4. The molecule has 0 aromatic rings. The van der Waals surface area contributed by atoms with Crippen molar-refractivity contribution in [2.45, 2.75) is 341 Å². The highest BCUT2D eigenvalue weighted by atomic mass is 16.5. The second-order valence-electron chi connectivity index (χ2n) is 21.4. The van der Waals surface area contributed by atoms with Gasteiger partial charge in [0.1, 0.15) is 0 Å². The maximum Gasteiger partial charge on any atom is 0.305 e. The van der Waals surface area contributed by atoms with Gasteiger partial charge < -0.3 is 20.3 Å². The van der Waals surface area contributed by atoms with E-state index in [9.17, 15) is 19.8 Å². The summed E-state index contributed by atoms with van der Waals surface area (Å²) >= 11 is 0. The quantitative estimate of drug-likeness (QED) is 0.0321. The molecule has 0 aromatic heterocycles. The second kappa shape index (κ2) is 60.4. The van der Waals surface area contributed by atoms with E-state index < -0.39 is 12.1 Å². The summed E-state index contributed by atoms with van der Waals surface area (Å²) in [5.74, 6) is -0.0660. The van der Waals surface area contributed by atoms with Crippen LogP contribution in [0.3, 0.4) is 0 Å². The third-order valence-corrected chi connectivity index (χ3v) is 14.3. The molecule has 0 saturated heterocycles. The van der Waals surface area contributed by atoms with Gasteiger partial charge in [-0.1, -0.05) is 274 Å². The molecule has 2 atom stereocenters. The third-order valence-electron chi connectivity index (χ3n) is 14.3. The van der Waals surface area contributed by atoms with Crippen LogP contribution in [0, 0.1) is 0 Å². The van der Waals surface area contributed by atoms with Crippen molar-refractivity contribution in [3.8, 4) is 0 Å². The molecule has 2 unspecified atom stereocenters. The van der Waals surface area contributed by atoms with Gasteiger partial charge in [0.05, 0.1) is 25.4 Å². The highest BCUT2D eigenvalue weighted by molar-refractivity contribution is 5.76. The molecule has 6 heteroatoms. The topological polar surface area (TPSA) is 95.9 Å². The Bertz CT molecular complexity index is 1190. The molecular formula is C65H121NO5. The summed E-state index contributed by atoms with van der Waals surface area (Å²) in [6.45, 7) is 4.87. The molecule has 0 aliphatic rings. The lowest BCUT2D eigenvalue weighted by molar-refractivity contribution is -0.143. The first kappa shape index (κ1) is 68.8. The maximum absolute atomic E-state index is 12.4. The smallest absolute Gasteiger partial charge is 0.305 e. The minimum atomic E-state index is -0.842. The number of aliphatic hydroxyl groups excluding tert-OH is 2. The average Bonchev–Trinajstić information content (AvgIpc) is 3.37. The fourth-order valence-electron chi connectivity index (χ4n) is 9.48. The largest absolute Gasteiger partial charge is 0.466 e. The van der Waals surface area contributed by atoms with Crippen LogP contribution in [0.2, 0.25) is 0 Å². The predicted octanol–water partition coefficient (Wildman–Crippen LogP) is 19.7. The molecule has 0 saturated carbocycles. The van der Waals surface area contributed by atoms with Crippen LogP contribution in [0.25, 0.3) is 0 Å². The van der Waals surface area contributed by atoms with Gasteiger partial charge in [-0.15, -0.1) is 0 Å². The highest BCUT2D eigenvalue weighted by Crippen LogP contribution is 2.17. The number of allylic oxidation sites excluding steroid dienone is 7. The van der Waals surface area contributed by atoms with Crippen LogP contribution in [0.5, 0.6) is 0 Å². The number of rotatable bonds is 58. The summed E-state index contributed by atoms with van der Waals surface area (Å²) in [6, 6.07) is -0.626. The molecular weight excluding hydrogens is 875 g/mol.